The van der Waals surface area contributed by atoms with Crippen LogP contribution in [0.1, 0.15) is 35.1 Å². The Hall–Kier alpha value is -3.64. The highest BCUT2D eigenvalue weighted by Gasteiger charge is 2.76. The fourth-order valence-corrected chi connectivity index (χ4v) is 7.50. The fraction of sp³-hybridized carbons (Fsp3) is 0.333. The summed E-state index contributed by atoms with van der Waals surface area (Å²) >= 11 is 0. The molecule has 0 radical (unpaired) electrons. The number of amides is 1. The molecule has 1 heterocycles. The maximum Gasteiger partial charge on any atom is 0.315 e. The van der Waals surface area contributed by atoms with Crippen LogP contribution in [-0.2, 0) is 27.0 Å². The van der Waals surface area contributed by atoms with Crippen LogP contribution < -0.4 is 4.74 Å². The summed E-state index contributed by atoms with van der Waals surface area (Å²) in [6.45, 7) is 0.242. The van der Waals surface area contributed by atoms with E-state index in [2.05, 4.69) is 12.1 Å². The third-order valence-corrected chi connectivity index (χ3v) is 9.06. The zero-order valence-electron chi connectivity index (χ0n) is 20.2. The van der Waals surface area contributed by atoms with Gasteiger partial charge >= 0.3 is 5.97 Å². The van der Waals surface area contributed by atoms with E-state index in [4.69, 9.17) is 4.74 Å². The molecule has 7 rings (SSSR count). The van der Waals surface area contributed by atoms with Crippen LogP contribution >= 0.6 is 0 Å². The smallest absolute Gasteiger partial charge is 0.315 e. The highest BCUT2D eigenvalue weighted by atomic mass is 16.5. The molecule has 36 heavy (non-hydrogen) atoms. The van der Waals surface area contributed by atoms with Crippen molar-refractivity contribution >= 4 is 11.9 Å². The predicted octanol–water partition coefficient (Wildman–Crippen LogP) is 3.75. The molecule has 6 nitrogen and oxygen atoms in total. The summed E-state index contributed by atoms with van der Waals surface area (Å²) in [5.41, 5.74) is -0.230. The van der Waals surface area contributed by atoms with Crippen LogP contribution in [0.4, 0.5) is 0 Å². The molecule has 1 aliphatic heterocycles. The average Bonchev–Trinajstić information content (AvgIpc) is 3.35. The molecular formula is C30H29NO5. The number of nitrogens with zero attached hydrogens (tertiary/aromatic N) is 1. The Kier molecular flexibility index (Phi) is 5.02. The largest absolute Gasteiger partial charge is 0.496 e. The Morgan fingerprint density at radius 3 is 2.33 bits per heavy atom. The second kappa shape index (κ2) is 7.93. The van der Waals surface area contributed by atoms with Crippen LogP contribution in [0.5, 0.6) is 5.75 Å². The Labute approximate surface area is 210 Å². The lowest BCUT2D eigenvalue weighted by atomic mass is 9.40. The van der Waals surface area contributed by atoms with Crippen molar-refractivity contribution in [3.05, 3.63) is 101 Å². The highest BCUT2D eigenvalue weighted by molar-refractivity contribution is 5.85. The standard InChI is InChI=1S/C30H29NO5/c1-36-24-14-8-5-9-20(24)17-26(32)31-18-25-28(21-10-3-2-4-11-21)15-16-30(35,29(25,19-31)27(33)34)23-13-7-6-12-22(23)28/h2-14,25,35H,15-19H2,1H3,(H,33,34)/t25-,28-,29-,30+/m1/s1. The van der Waals surface area contributed by atoms with Gasteiger partial charge in [0.25, 0.3) is 0 Å². The first-order chi connectivity index (χ1) is 17.4. The van der Waals surface area contributed by atoms with Gasteiger partial charge in [0.05, 0.1) is 13.5 Å². The third kappa shape index (κ3) is 2.76. The van der Waals surface area contributed by atoms with Crippen LogP contribution in [0.3, 0.4) is 0 Å². The Balaban J connectivity index is 1.50. The molecular weight excluding hydrogens is 454 g/mol. The molecule has 184 valence electrons. The Morgan fingerprint density at radius 1 is 0.944 bits per heavy atom. The lowest BCUT2D eigenvalue weighted by molar-refractivity contribution is -0.199. The maximum absolute atomic E-state index is 13.6. The van der Waals surface area contributed by atoms with Gasteiger partial charge in [-0.25, -0.2) is 0 Å². The van der Waals surface area contributed by atoms with Crippen LogP contribution in [0.2, 0.25) is 0 Å². The molecule has 0 aromatic heterocycles. The number of hydrogen-bond donors (Lipinski definition) is 2. The third-order valence-electron chi connectivity index (χ3n) is 9.06. The molecule has 1 saturated heterocycles. The second-order valence-corrected chi connectivity index (χ2v) is 10.3. The summed E-state index contributed by atoms with van der Waals surface area (Å²) in [4.78, 5) is 28.5. The molecule has 3 aromatic rings. The minimum Gasteiger partial charge on any atom is -0.496 e. The van der Waals surface area contributed by atoms with Crippen molar-refractivity contribution in [2.45, 2.75) is 30.3 Å². The number of benzene rings is 3. The highest BCUT2D eigenvalue weighted by Crippen LogP contribution is 2.70. The number of carboxylic acid groups (broad SMARTS) is 1. The van der Waals surface area contributed by atoms with Gasteiger partial charge in [-0.15, -0.1) is 0 Å². The normalized spacial score (nSPS) is 29.9. The summed E-state index contributed by atoms with van der Waals surface area (Å²) in [7, 11) is 1.57. The van der Waals surface area contributed by atoms with E-state index >= 15 is 0 Å². The zero-order chi connectivity index (χ0) is 25.1. The van der Waals surface area contributed by atoms with Crippen LogP contribution in [0.25, 0.3) is 0 Å². The lowest BCUT2D eigenvalue weighted by Gasteiger charge is -2.62. The van der Waals surface area contributed by atoms with E-state index in [0.717, 1.165) is 16.7 Å². The fourth-order valence-electron chi connectivity index (χ4n) is 7.50. The second-order valence-electron chi connectivity index (χ2n) is 10.3. The number of aliphatic carboxylic acids is 1. The minimum absolute atomic E-state index is 0.0274. The van der Waals surface area contributed by atoms with E-state index in [1.54, 1.807) is 12.0 Å². The molecule has 1 amide bonds. The quantitative estimate of drug-likeness (QED) is 0.577. The number of carbonyl (C=O) groups excluding carboxylic acids is 1. The average molecular weight is 484 g/mol. The van der Waals surface area contributed by atoms with E-state index < -0.39 is 28.3 Å². The van der Waals surface area contributed by atoms with Gasteiger partial charge in [-0.05, 0) is 35.6 Å². The number of aliphatic hydroxyl groups is 1. The monoisotopic (exact) mass is 483 g/mol. The number of rotatable bonds is 5. The molecule has 3 aromatic carbocycles. The van der Waals surface area contributed by atoms with E-state index in [0.29, 0.717) is 24.2 Å². The summed E-state index contributed by atoms with van der Waals surface area (Å²) in [5.74, 6) is -1.05. The number of ether oxygens (including phenoxy) is 1. The van der Waals surface area contributed by atoms with Crippen molar-refractivity contribution in [1.29, 1.82) is 0 Å². The molecule has 2 fully saturated rings. The molecule has 3 aliphatic carbocycles. The maximum atomic E-state index is 13.6. The number of fused-ring (bicyclic) bond motifs is 1. The van der Waals surface area contributed by atoms with Gasteiger partial charge < -0.3 is 19.8 Å². The van der Waals surface area contributed by atoms with Crippen molar-refractivity contribution in [2.24, 2.45) is 11.3 Å². The first kappa shape index (κ1) is 22.8. The number of methoxy groups -OCH3 is 1. The van der Waals surface area contributed by atoms with Gasteiger partial charge in [0, 0.05) is 30.0 Å². The van der Waals surface area contributed by atoms with Crippen molar-refractivity contribution in [2.75, 3.05) is 20.2 Å². The van der Waals surface area contributed by atoms with Crippen molar-refractivity contribution in [3.8, 4) is 5.75 Å². The number of carbonyl (C=O) groups is 2. The van der Waals surface area contributed by atoms with Gasteiger partial charge in [0.1, 0.15) is 16.8 Å². The Morgan fingerprint density at radius 2 is 1.61 bits per heavy atom. The van der Waals surface area contributed by atoms with E-state index in [1.165, 1.54) is 0 Å². The molecule has 2 N–H and O–H groups in total. The van der Waals surface area contributed by atoms with Gasteiger partial charge in [-0.3, -0.25) is 9.59 Å². The number of carboxylic acids is 1. The van der Waals surface area contributed by atoms with Gasteiger partial charge in [-0.1, -0.05) is 72.8 Å². The summed E-state index contributed by atoms with van der Waals surface area (Å²) in [6, 6.07) is 25.1. The van der Waals surface area contributed by atoms with Crippen molar-refractivity contribution < 1.29 is 24.5 Å². The van der Waals surface area contributed by atoms with E-state index in [9.17, 15) is 19.8 Å². The predicted molar refractivity (Wildman–Crippen MR) is 134 cm³/mol. The van der Waals surface area contributed by atoms with Gasteiger partial charge in [0.15, 0.2) is 0 Å². The molecule has 0 unspecified atom stereocenters. The zero-order valence-corrected chi connectivity index (χ0v) is 20.2. The molecule has 1 saturated carbocycles. The summed E-state index contributed by atoms with van der Waals surface area (Å²) in [6.07, 6.45) is 1.06. The molecule has 4 aliphatic rings. The van der Waals surface area contributed by atoms with E-state index in [-0.39, 0.29) is 25.4 Å². The molecule has 4 atom stereocenters. The van der Waals surface area contributed by atoms with Gasteiger partial charge in [-0.2, -0.15) is 0 Å². The van der Waals surface area contributed by atoms with Crippen LogP contribution in [0, 0.1) is 11.3 Å². The molecule has 0 spiro atoms. The topological polar surface area (TPSA) is 87.1 Å². The van der Waals surface area contributed by atoms with Crippen molar-refractivity contribution in [1.82, 2.24) is 4.90 Å². The Bertz CT molecular complexity index is 1360. The van der Waals surface area contributed by atoms with Gasteiger partial charge in [0.2, 0.25) is 5.91 Å². The molecule has 2 bridgehead atoms. The van der Waals surface area contributed by atoms with Crippen LogP contribution in [-0.4, -0.2) is 47.2 Å². The number of para-hydroxylation sites is 1. The minimum atomic E-state index is -1.56. The number of hydrogen-bond acceptors (Lipinski definition) is 4. The summed E-state index contributed by atoms with van der Waals surface area (Å²) in [5, 5.41) is 23.1. The lowest BCUT2D eigenvalue weighted by Crippen LogP contribution is -2.68. The summed E-state index contributed by atoms with van der Waals surface area (Å²) < 4.78 is 5.43. The first-order valence-corrected chi connectivity index (χ1v) is 12.4. The SMILES string of the molecule is COc1ccccc1CC(=O)N1C[C@@H]2[C@@]3(c4ccccc4)CC[C@](O)(c4ccccc43)[C@]2(C(=O)O)C1. The molecule has 6 heteroatoms. The first-order valence-electron chi connectivity index (χ1n) is 12.4. The van der Waals surface area contributed by atoms with E-state index in [1.807, 2.05) is 66.7 Å². The van der Waals surface area contributed by atoms with Crippen LogP contribution in [0.15, 0.2) is 78.9 Å². The number of likely N-dealkylation sites (tertiary alicyclic amines) is 1. The van der Waals surface area contributed by atoms with Crippen molar-refractivity contribution in [3.63, 3.8) is 0 Å².